The summed E-state index contributed by atoms with van der Waals surface area (Å²) in [6.45, 7) is 9.06. The lowest BCUT2D eigenvalue weighted by Crippen LogP contribution is -2.37. The van der Waals surface area contributed by atoms with Gasteiger partial charge in [-0.25, -0.2) is 13.1 Å². The summed E-state index contributed by atoms with van der Waals surface area (Å²) in [5.41, 5.74) is 2.85. The molecule has 0 radical (unpaired) electrons. The molecule has 2 aliphatic rings. The summed E-state index contributed by atoms with van der Waals surface area (Å²) in [4.78, 5) is 41.7. The molecule has 1 N–H and O–H groups in total. The summed E-state index contributed by atoms with van der Waals surface area (Å²) in [5.74, 6) is -0.346. The van der Waals surface area contributed by atoms with Crippen molar-refractivity contribution in [1.82, 2.24) is 19.0 Å². The van der Waals surface area contributed by atoms with E-state index in [9.17, 15) is 22.8 Å². The number of aromatic nitrogens is 2. The van der Waals surface area contributed by atoms with Gasteiger partial charge in [-0.3, -0.25) is 14.4 Å². The van der Waals surface area contributed by atoms with Crippen molar-refractivity contribution in [2.45, 2.75) is 58.4 Å². The van der Waals surface area contributed by atoms with Gasteiger partial charge in [0.05, 0.1) is 22.7 Å². The molecular formula is C28H33N5O5S2. The number of nitrogens with one attached hydrogen (secondary N) is 1. The maximum Gasteiger partial charge on any atom is 0.281 e. The number of sulfonamides is 1. The number of rotatable bonds is 5. The highest BCUT2D eigenvalue weighted by Gasteiger charge is 2.32. The van der Waals surface area contributed by atoms with Gasteiger partial charge in [-0.15, -0.1) is 11.3 Å². The second kappa shape index (κ2) is 10.9. The largest absolute Gasteiger partial charge is 0.337 e. The third kappa shape index (κ3) is 5.35. The quantitative estimate of drug-likeness (QED) is 0.487. The molecular weight excluding hydrogens is 550 g/mol. The predicted octanol–water partition coefficient (Wildman–Crippen LogP) is 3.83. The van der Waals surface area contributed by atoms with E-state index < -0.39 is 15.9 Å². The van der Waals surface area contributed by atoms with Crippen LogP contribution in [0.2, 0.25) is 0 Å². The van der Waals surface area contributed by atoms with Gasteiger partial charge in [0.1, 0.15) is 5.00 Å². The molecule has 5 rings (SSSR count). The number of hydrogen-bond acceptors (Lipinski definition) is 7. The number of amides is 2. The zero-order valence-electron chi connectivity index (χ0n) is 23.1. The summed E-state index contributed by atoms with van der Waals surface area (Å²) in [6.07, 6.45) is 2.14. The van der Waals surface area contributed by atoms with E-state index in [0.717, 1.165) is 23.3 Å². The lowest BCUT2D eigenvalue weighted by atomic mass is 10.0. The second-order valence-electron chi connectivity index (χ2n) is 10.6. The van der Waals surface area contributed by atoms with Crippen LogP contribution >= 0.6 is 11.3 Å². The number of piperidine rings is 1. The van der Waals surface area contributed by atoms with Crippen LogP contribution in [0.4, 0.5) is 5.00 Å². The molecule has 40 heavy (non-hydrogen) atoms. The molecule has 0 spiro atoms. The van der Waals surface area contributed by atoms with Gasteiger partial charge >= 0.3 is 0 Å². The Morgan fingerprint density at radius 1 is 1.05 bits per heavy atom. The molecule has 2 aromatic heterocycles. The van der Waals surface area contributed by atoms with E-state index in [4.69, 9.17) is 0 Å². The monoisotopic (exact) mass is 583 g/mol. The molecule has 1 fully saturated rings. The first-order chi connectivity index (χ1) is 19.0. The fourth-order valence-electron chi connectivity index (χ4n) is 5.25. The zero-order valence-corrected chi connectivity index (χ0v) is 24.7. The fraction of sp³-hybridized carbons (Fsp3) is 0.429. The van der Waals surface area contributed by atoms with Crippen LogP contribution in [-0.2, 0) is 27.8 Å². The second-order valence-corrected chi connectivity index (χ2v) is 13.7. The van der Waals surface area contributed by atoms with Crippen LogP contribution < -0.4 is 5.32 Å². The van der Waals surface area contributed by atoms with Crippen molar-refractivity contribution in [1.29, 1.82) is 0 Å². The van der Waals surface area contributed by atoms with Crippen molar-refractivity contribution in [2.24, 2.45) is 5.92 Å². The first-order valence-corrected chi connectivity index (χ1v) is 15.6. The van der Waals surface area contributed by atoms with Crippen molar-refractivity contribution in [3.8, 4) is 0 Å². The maximum atomic E-state index is 13.7. The van der Waals surface area contributed by atoms with Crippen LogP contribution in [0.1, 0.15) is 69.2 Å². The van der Waals surface area contributed by atoms with Gasteiger partial charge < -0.3 is 10.2 Å². The number of anilines is 1. The van der Waals surface area contributed by atoms with Crippen LogP contribution in [-0.4, -0.2) is 64.8 Å². The number of nitrogens with zero attached hydrogens (tertiary/aromatic N) is 4. The lowest BCUT2D eigenvalue weighted by Gasteiger charge is -2.29. The van der Waals surface area contributed by atoms with Gasteiger partial charge in [-0.2, -0.15) is 9.40 Å². The van der Waals surface area contributed by atoms with Crippen LogP contribution in [0, 0.1) is 19.8 Å². The van der Waals surface area contributed by atoms with Crippen molar-refractivity contribution in [2.75, 3.05) is 25.0 Å². The highest BCUT2D eigenvalue weighted by Crippen LogP contribution is 2.38. The van der Waals surface area contributed by atoms with Gasteiger partial charge in [0.25, 0.3) is 11.8 Å². The molecule has 0 atom stereocenters. The van der Waals surface area contributed by atoms with Crippen LogP contribution in [0.15, 0.2) is 35.2 Å². The van der Waals surface area contributed by atoms with E-state index in [1.807, 2.05) is 13.0 Å². The molecule has 4 heterocycles. The Labute approximate surface area is 238 Å². The molecule has 0 saturated carbocycles. The van der Waals surface area contributed by atoms with Crippen molar-refractivity contribution < 1.29 is 22.8 Å². The van der Waals surface area contributed by atoms with E-state index >= 15 is 0 Å². The van der Waals surface area contributed by atoms with Gasteiger partial charge in [-0.05, 0) is 74.9 Å². The van der Waals surface area contributed by atoms with E-state index in [-0.39, 0.29) is 22.3 Å². The highest BCUT2D eigenvalue weighted by atomic mass is 32.2. The van der Waals surface area contributed by atoms with E-state index in [2.05, 4.69) is 17.3 Å². The molecule has 0 bridgehead atoms. The number of carbonyl (C=O) groups excluding carboxylic acids is 3. The first kappa shape index (κ1) is 28.2. The topological polar surface area (TPSA) is 122 Å². The molecule has 1 saturated heterocycles. The molecule has 3 aromatic rings. The number of thiophene rings is 1. The summed E-state index contributed by atoms with van der Waals surface area (Å²) in [7, 11) is -3.63. The molecule has 1 aromatic carbocycles. The Bertz CT molecular complexity index is 1580. The average molecular weight is 584 g/mol. The Morgan fingerprint density at radius 2 is 1.73 bits per heavy atom. The molecule has 212 valence electrons. The number of carbonyl (C=O) groups is 3. The summed E-state index contributed by atoms with van der Waals surface area (Å²) in [6, 6.07) is 7.69. The SMILES string of the molecule is CC(=O)N1CCc2c(sc(NC(=O)c3ccc(S(=O)(=O)N4CCC(C)CC4)cc3)c2C(=O)n2nc(C)cc2C)C1. The van der Waals surface area contributed by atoms with Crippen LogP contribution in [0.25, 0.3) is 0 Å². The number of benzene rings is 1. The van der Waals surface area contributed by atoms with E-state index in [1.165, 1.54) is 51.5 Å². The van der Waals surface area contributed by atoms with Crippen molar-refractivity contribution in [3.63, 3.8) is 0 Å². The van der Waals surface area contributed by atoms with Crippen molar-refractivity contribution >= 4 is 44.1 Å². The zero-order chi connectivity index (χ0) is 28.8. The molecule has 0 unspecified atom stereocenters. The molecule has 10 nitrogen and oxygen atoms in total. The lowest BCUT2D eigenvalue weighted by molar-refractivity contribution is -0.129. The fourth-order valence-corrected chi connectivity index (χ4v) is 7.97. The Kier molecular flexibility index (Phi) is 7.68. The van der Waals surface area contributed by atoms with E-state index in [1.54, 1.807) is 11.8 Å². The Hall–Kier alpha value is -3.35. The first-order valence-electron chi connectivity index (χ1n) is 13.3. The summed E-state index contributed by atoms with van der Waals surface area (Å²) in [5, 5.41) is 7.62. The third-order valence-electron chi connectivity index (χ3n) is 7.64. The Balaban J connectivity index is 1.42. The maximum absolute atomic E-state index is 13.7. The molecule has 12 heteroatoms. The molecule has 0 aliphatic carbocycles. The summed E-state index contributed by atoms with van der Waals surface area (Å²) < 4.78 is 29.0. The summed E-state index contributed by atoms with van der Waals surface area (Å²) >= 11 is 1.28. The number of aryl methyl sites for hydroxylation is 2. The normalized spacial score (nSPS) is 16.6. The number of fused-ring (bicyclic) bond motifs is 1. The average Bonchev–Trinajstić information content (AvgIpc) is 3.46. The van der Waals surface area contributed by atoms with Gasteiger partial charge in [0.15, 0.2) is 0 Å². The smallest absolute Gasteiger partial charge is 0.281 e. The van der Waals surface area contributed by atoms with Crippen molar-refractivity contribution in [3.05, 3.63) is 63.3 Å². The minimum absolute atomic E-state index is 0.0508. The van der Waals surface area contributed by atoms with Crippen LogP contribution in [0.3, 0.4) is 0 Å². The van der Waals surface area contributed by atoms with Gasteiger partial charge in [0.2, 0.25) is 15.9 Å². The third-order valence-corrected chi connectivity index (χ3v) is 10.7. The van der Waals surface area contributed by atoms with Gasteiger partial charge in [-0.1, -0.05) is 6.92 Å². The number of hydrogen-bond donors (Lipinski definition) is 1. The minimum atomic E-state index is -3.63. The predicted molar refractivity (Wildman–Crippen MR) is 152 cm³/mol. The molecule has 2 aliphatic heterocycles. The Morgan fingerprint density at radius 3 is 2.33 bits per heavy atom. The molecule has 2 amide bonds. The van der Waals surface area contributed by atoms with Gasteiger partial charge in [0, 0.05) is 42.7 Å². The van der Waals surface area contributed by atoms with E-state index in [0.29, 0.717) is 60.5 Å². The van der Waals surface area contributed by atoms with Crippen LogP contribution in [0.5, 0.6) is 0 Å². The standard InChI is InChI=1S/C28H33N5O5S2/c1-17-9-13-32(14-10-17)40(37,38)22-7-5-21(6-8-22)26(35)29-27-25(28(36)33-19(3)15-18(2)30-33)23-11-12-31(20(4)34)16-24(23)39-27/h5-8,15,17H,9-14,16H2,1-4H3,(H,29,35). The minimum Gasteiger partial charge on any atom is -0.337 e. The highest BCUT2D eigenvalue weighted by molar-refractivity contribution is 7.89.